The highest BCUT2D eigenvalue weighted by Gasteiger charge is 2.26. The number of alkyl halides is 1. The summed E-state index contributed by atoms with van der Waals surface area (Å²) in [5, 5.41) is 2.68. The molecular formula is C11H14IN. The predicted octanol–water partition coefficient (Wildman–Crippen LogP) is 1.73. The van der Waals surface area contributed by atoms with E-state index in [1.165, 1.54) is 16.1 Å². The first-order chi connectivity index (χ1) is 6.00. The van der Waals surface area contributed by atoms with Gasteiger partial charge in [0.2, 0.25) is 0 Å². The lowest BCUT2D eigenvalue weighted by Gasteiger charge is -2.26. The fourth-order valence-corrected chi connectivity index (χ4v) is 2.20. The number of H-pyrrole nitrogens is 1. The van der Waals surface area contributed by atoms with E-state index >= 15 is 0 Å². The molecule has 0 amide bonds. The maximum absolute atomic E-state index is 3.30. The first kappa shape index (κ1) is 9.31. The highest BCUT2D eigenvalue weighted by molar-refractivity contribution is 14.1. The van der Waals surface area contributed by atoms with Gasteiger partial charge in [-0.15, -0.1) is 0 Å². The topological polar surface area (TPSA) is 15.8 Å². The molecule has 0 bridgehead atoms. The maximum Gasteiger partial charge on any atom is 0.0443 e. The average Bonchev–Trinajstić information content (AvgIpc) is 2.34. The van der Waals surface area contributed by atoms with Crippen molar-refractivity contribution < 1.29 is 0 Å². The number of aromatic amines is 1. The normalized spacial score (nSPS) is 31.8. The molecule has 1 aliphatic carbocycles. The molecule has 2 heteroatoms. The van der Waals surface area contributed by atoms with E-state index in [-0.39, 0.29) is 3.42 Å². The highest BCUT2D eigenvalue weighted by atomic mass is 127. The second-order valence-corrected chi connectivity index (χ2v) is 6.37. The van der Waals surface area contributed by atoms with E-state index in [4.69, 9.17) is 0 Å². The zero-order chi connectivity index (χ0) is 9.64. The zero-order valence-corrected chi connectivity index (χ0v) is 10.3. The Balaban J connectivity index is 2.77. The first-order valence-corrected chi connectivity index (χ1v) is 5.66. The van der Waals surface area contributed by atoms with Crippen LogP contribution < -0.4 is 10.6 Å². The van der Waals surface area contributed by atoms with E-state index in [9.17, 15) is 0 Å². The molecule has 0 aromatic carbocycles. The van der Waals surface area contributed by atoms with Gasteiger partial charge in [-0.2, -0.15) is 0 Å². The molecule has 0 saturated heterocycles. The first-order valence-electron chi connectivity index (χ1n) is 4.58. The van der Waals surface area contributed by atoms with Gasteiger partial charge in [-0.1, -0.05) is 41.7 Å². The number of halogens is 1. The van der Waals surface area contributed by atoms with Gasteiger partial charge in [0, 0.05) is 15.0 Å². The minimum atomic E-state index is 0.262. The van der Waals surface area contributed by atoms with E-state index in [0.717, 1.165) is 0 Å². The summed E-state index contributed by atoms with van der Waals surface area (Å²) in [7, 11) is 0. The lowest BCUT2D eigenvalue weighted by Crippen LogP contribution is -2.37. The van der Waals surface area contributed by atoms with Crippen LogP contribution in [0.3, 0.4) is 0 Å². The Bertz CT molecular complexity index is 439. The summed E-state index contributed by atoms with van der Waals surface area (Å²) >= 11 is 2.53. The Hall–Kier alpha value is -0.250. The zero-order valence-electron chi connectivity index (χ0n) is 8.19. The quantitative estimate of drug-likeness (QED) is 0.552. The highest BCUT2D eigenvalue weighted by Crippen LogP contribution is 2.31. The van der Waals surface area contributed by atoms with E-state index < -0.39 is 0 Å². The molecule has 13 heavy (non-hydrogen) atoms. The number of nitrogens with one attached hydrogen (secondary N) is 1. The fraction of sp³-hybridized carbons (Fsp3) is 0.455. The number of hydrogen-bond acceptors (Lipinski definition) is 0. The summed E-state index contributed by atoms with van der Waals surface area (Å²) < 4.78 is 0.262. The van der Waals surface area contributed by atoms with Gasteiger partial charge in [0.1, 0.15) is 0 Å². The molecule has 2 atom stereocenters. The SMILES string of the molecule is Cc1c[nH]c2c1=C[C@@](C)(I)C(C)C=2. The summed E-state index contributed by atoms with van der Waals surface area (Å²) in [6.45, 7) is 6.70. The third kappa shape index (κ3) is 1.45. The van der Waals surface area contributed by atoms with Crippen molar-refractivity contribution in [2.75, 3.05) is 0 Å². The van der Waals surface area contributed by atoms with Gasteiger partial charge in [0.05, 0.1) is 0 Å². The Morgan fingerprint density at radius 3 is 2.92 bits per heavy atom. The molecule has 0 fully saturated rings. The van der Waals surface area contributed by atoms with Crippen molar-refractivity contribution in [1.82, 2.24) is 4.98 Å². The van der Waals surface area contributed by atoms with Crippen molar-refractivity contribution in [3.8, 4) is 0 Å². The van der Waals surface area contributed by atoms with Crippen molar-refractivity contribution in [2.45, 2.75) is 24.2 Å². The van der Waals surface area contributed by atoms with Gasteiger partial charge in [-0.05, 0) is 30.5 Å². The third-order valence-corrected chi connectivity index (χ3v) is 4.19. The Morgan fingerprint density at radius 2 is 2.23 bits per heavy atom. The number of hydrogen-bond donors (Lipinski definition) is 1. The van der Waals surface area contributed by atoms with Crippen molar-refractivity contribution >= 4 is 34.7 Å². The monoisotopic (exact) mass is 287 g/mol. The second kappa shape index (κ2) is 2.87. The molecule has 0 saturated carbocycles. The molecule has 1 unspecified atom stereocenters. The van der Waals surface area contributed by atoms with Crippen LogP contribution in [0.15, 0.2) is 6.20 Å². The Kier molecular flexibility index (Phi) is 2.06. The van der Waals surface area contributed by atoms with E-state index in [2.05, 4.69) is 66.7 Å². The molecule has 1 heterocycles. The number of aromatic nitrogens is 1. The molecule has 0 radical (unpaired) electrons. The van der Waals surface area contributed by atoms with E-state index in [1.54, 1.807) is 0 Å². The van der Waals surface area contributed by atoms with Crippen LogP contribution in [0.25, 0.3) is 12.2 Å². The fourth-order valence-electron chi connectivity index (χ4n) is 1.71. The summed E-state index contributed by atoms with van der Waals surface area (Å²) in [4.78, 5) is 3.30. The van der Waals surface area contributed by atoms with Crippen molar-refractivity contribution in [1.29, 1.82) is 0 Å². The second-order valence-electron chi connectivity index (χ2n) is 4.05. The average molecular weight is 287 g/mol. The summed E-state index contributed by atoms with van der Waals surface area (Å²) in [5.74, 6) is 0.596. The minimum absolute atomic E-state index is 0.262. The molecule has 0 aliphatic heterocycles. The van der Waals surface area contributed by atoms with Crippen LogP contribution in [0.1, 0.15) is 19.4 Å². The maximum atomic E-state index is 3.30. The van der Waals surface area contributed by atoms with E-state index in [1.807, 2.05) is 0 Å². The smallest absolute Gasteiger partial charge is 0.0443 e. The number of rotatable bonds is 0. The lowest BCUT2D eigenvalue weighted by molar-refractivity contribution is 0.681. The Labute approximate surface area is 92.1 Å². The van der Waals surface area contributed by atoms with Crippen LogP contribution >= 0.6 is 22.6 Å². The van der Waals surface area contributed by atoms with Crippen molar-refractivity contribution in [2.24, 2.45) is 5.92 Å². The predicted molar refractivity (Wildman–Crippen MR) is 65.3 cm³/mol. The molecular weight excluding hydrogens is 273 g/mol. The number of aryl methyl sites for hydroxylation is 1. The summed E-state index contributed by atoms with van der Waals surface area (Å²) in [6, 6.07) is 0. The largest absolute Gasteiger partial charge is 0.361 e. The molecule has 1 aromatic heterocycles. The van der Waals surface area contributed by atoms with Crippen molar-refractivity contribution in [3.63, 3.8) is 0 Å². The lowest BCUT2D eigenvalue weighted by atomic mass is 9.91. The van der Waals surface area contributed by atoms with Crippen LogP contribution in [-0.4, -0.2) is 8.41 Å². The molecule has 1 N–H and O–H groups in total. The van der Waals surface area contributed by atoms with Gasteiger partial charge in [-0.25, -0.2) is 0 Å². The molecule has 1 aromatic rings. The van der Waals surface area contributed by atoms with Crippen LogP contribution in [0.5, 0.6) is 0 Å². The van der Waals surface area contributed by atoms with Gasteiger partial charge in [0.25, 0.3) is 0 Å². The van der Waals surface area contributed by atoms with Crippen LogP contribution in [0.4, 0.5) is 0 Å². The molecule has 1 aliphatic rings. The standard InChI is InChI=1S/C11H14IN/c1-7-6-13-10-4-8(2)11(3,12)5-9(7)10/h4-6,8,13H,1-3H3/t8?,11-/m1/s1. The molecule has 70 valence electrons. The van der Waals surface area contributed by atoms with Crippen LogP contribution in [-0.2, 0) is 0 Å². The van der Waals surface area contributed by atoms with Gasteiger partial charge < -0.3 is 4.98 Å². The minimum Gasteiger partial charge on any atom is -0.361 e. The number of fused-ring (bicyclic) bond motifs is 1. The summed E-state index contributed by atoms with van der Waals surface area (Å²) in [5.41, 5.74) is 1.35. The third-order valence-electron chi connectivity index (χ3n) is 2.89. The van der Waals surface area contributed by atoms with Gasteiger partial charge in [-0.3, -0.25) is 0 Å². The molecule has 0 spiro atoms. The van der Waals surface area contributed by atoms with Gasteiger partial charge in [0.15, 0.2) is 0 Å². The van der Waals surface area contributed by atoms with Crippen LogP contribution in [0, 0.1) is 12.8 Å². The Morgan fingerprint density at radius 1 is 1.54 bits per heavy atom. The van der Waals surface area contributed by atoms with Gasteiger partial charge >= 0.3 is 0 Å². The molecule has 2 rings (SSSR count). The van der Waals surface area contributed by atoms with Crippen LogP contribution in [0.2, 0.25) is 0 Å². The molecule has 1 nitrogen and oxygen atoms in total. The van der Waals surface area contributed by atoms with E-state index in [0.29, 0.717) is 5.92 Å². The summed E-state index contributed by atoms with van der Waals surface area (Å²) in [6.07, 6.45) is 6.79. The van der Waals surface area contributed by atoms with Crippen molar-refractivity contribution in [3.05, 3.63) is 22.3 Å².